The molecule has 2 aliphatic rings. The second-order valence-corrected chi connectivity index (χ2v) is 11.4. The van der Waals surface area contributed by atoms with Gasteiger partial charge in [-0.2, -0.15) is 5.26 Å². The summed E-state index contributed by atoms with van der Waals surface area (Å²) in [6.45, 7) is 0.355. The van der Waals surface area contributed by atoms with E-state index < -0.39 is 5.60 Å². The van der Waals surface area contributed by atoms with Gasteiger partial charge in [-0.15, -0.1) is 11.3 Å². The molecule has 0 unspecified atom stereocenters. The number of aromatic nitrogens is 2. The average molecular weight is 540 g/mol. The number of aliphatic hydroxyl groups is 1. The molecule has 0 radical (unpaired) electrons. The van der Waals surface area contributed by atoms with Gasteiger partial charge in [-0.1, -0.05) is 34.4 Å². The van der Waals surface area contributed by atoms with Crippen molar-refractivity contribution < 1.29 is 14.4 Å². The number of benzene rings is 2. The summed E-state index contributed by atoms with van der Waals surface area (Å²) >= 11 is 14.4. The SMILES string of the molecule is N#Cc1ccc2sc([C@]3(O)CC[C@@H](OCc4c(-c5c(Cl)cccc5Cl)noc4C4CC4)CC3)nc2c1. The highest BCUT2D eigenvalue weighted by Gasteiger charge is 2.39. The number of nitriles is 1. The molecule has 184 valence electrons. The Hall–Kier alpha value is -2.47. The lowest BCUT2D eigenvalue weighted by atomic mass is 9.83. The average Bonchev–Trinajstić information content (AvgIpc) is 3.49. The van der Waals surface area contributed by atoms with E-state index in [4.69, 9.17) is 37.7 Å². The van der Waals surface area contributed by atoms with Gasteiger partial charge in [0.05, 0.1) is 44.6 Å². The fourth-order valence-corrected chi connectivity index (χ4v) is 6.56. The summed E-state index contributed by atoms with van der Waals surface area (Å²) in [5.41, 5.74) is 2.57. The Morgan fingerprint density at radius 2 is 1.89 bits per heavy atom. The van der Waals surface area contributed by atoms with E-state index in [0.29, 0.717) is 70.1 Å². The molecule has 2 heterocycles. The van der Waals surface area contributed by atoms with E-state index in [2.05, 4.69) is 16.2 Å². The van der Waals surface area contributed by atoms with Crippen molar-refractivity contribution in [3.05, 3.63) is 68.3 Å². The van der Waals surface area contributed by atoms with Crippen LogP contribution in [0.2, 0.25) is 10.0 Å². The van der Waals surface area contributed by atoms with E-state index in [-0.39, 0.29) is 6.10 Å². The lowest BCUT2D eigenvalue weighted by Gasteiger charge is -2.34. The summed E-state index contributed by atoms with van der Waals surface area (Å²) in [4.78, 5) is 4.66. The summed E-state index contributed by atoms with van der Waals surface area (Å²) < 4.78 is 13.1. The van der Waals surface area contributed by atoms with Gasteiger partial charge in [0.15, 0.2) is 0 Å². The van der Waals surface area contributed by atoms with Gasteiger partial charge < -0.3 is 14.4 Å². The molecule has 0 saturated heterocycles. The number of hydrogen-bond acceptors (Lipinski definition) is 7. The van der Waals surface area contributed by atoms with E-state index in [0.717, 1.165) is 34.4 Å². The second kappa shape index (κ2) is 9.44. The molecule has 2 aliphatic carbocycles. The largest absolute Gasteiger partial charge is 0.383 e. The van der Waals surface area contributed by atoms with Gasteiger partial charge in [-0.05, 0) is 68.9 Å². The van der Waals surface area contributed by atoms with E-state index in [1.165, 1.54) is 11.3 Å². The fraction of sp³-hybridized carbons (Fsp3) is 0.370. The van der Waals surface area contributed by atoms with Crippen LogP contribution >= 0.6 is 34.5 Å². The van der Waals surface area contributed by atoms with E-state index in [1.807, 2.05) is 12.1 Å². The molecule has 2 saturated carbocycles. The molecule has 0 atom stereocenters. The van der Waals surface area contributed by atoms with Crippen LogP contribution in [-0.2, 0) is 16.9 Å². The van der Waals surface area contributed by atoms with Crippen molar-refractivity contribution in [2.45, 2.75) is 62.8 Å². The number of thiazole rings is 1. The molecule has 0 aliphatic heterocycles. The molecule has 9 heteroatoms. The van der Waals surface area contributed by atoms with Crippen LogP contribution in [-0.4, -0.2) is 21.4 Å². The number of ether oxygens (including phenoxy) is 1. The minimum Gasteiger partial charge on any atom is -0.383 e. The van der Waals surface area contributed by atoms with E-state index >= 15 is 0 Å². The minimum atomic E-state index is -0.983. The molecular formula is C27H23Cl2N3O3S. The number of fused-ring (bicyclic) bond motifs is 1. The Bertz CT molecular complexity index is 1460. The Kier molecular flexibility index (Phi) is 6.27. The molecule has 6 nitrogen and oxygen atoms in total. The monoisotopic (exact) mass is 539 g/mol. The normalized spacial score (nSPS) is 22.1. The van der Waals surface area contributed by atoms with Crippen molar-refractivity contribution in [1.82, 2.24) is 10.1 Å². The molecule has 1 N–H and O–H groups in total. The maximum atomic E-state index is 11.4. The lowest BCUT2D eigenvalue weighted by Crippen LogP contribution is -2.34. The fourth-order valence-electron chi connectivity index (χ4n) is 4.89. The topological polar surface area (TPSA) is 92.2 Å². The third-order valence-electron chi connectivity index (χ3n) is 7.10. The highest BCUT2D eigenvalue weighted by atomic mass is 35.5. The Balaban J connectivity index is 1.17. The van der Waals surface area contributed by atoms with Crippen LogP contribution in [0, 0.1) is 11.3 Å². The predicted octanol–water partition coefficient (Wildman–Crippen LogP) is 7.35. The van der Waals surface area contributed by atoms with Gasteiger partial charge in [0.1, 0.15) is 22.1 Å². The number of rotatable bonds is 6. The van der Waals surface area contributed by atoms with Crippen LogP contribution in [0.1, 0.15) is 66.3 Å². The van der Waals surface area contributed by atoms with Crippen molar-refractivity contribution in [2.75, 3.05) is 0 Å². The lowest BCUT2D eigenvalue weighted by molar-refractivity contribution is -0.0640. The predicted molar refractivity (Wildman–Crippen MR) is 139 cm³/mol. The summed E-state index contributed by atoms with van der Waals surface area (Å²) in [7, 11) is 0. The molecule has 4 aromatic rings. The van der Waals surface area contributed by atoms with E-state index in [1.54, 1.807) is 24.3 Å². The van der Waals surface area contributed by atoms with Crippen LogP contribution in [0.4, 0.5) is 0 Å². The first kappa shape index (κ1) is 23.9. The number of nitrogens with zero attached hydrogens (tertiary/aromatic N) is 3. The molecule has 0 amide bonds. The number of hydrogen-bond donors (Lipinski definition) is 1. The standard InChI is InChI=1S/C27H23Cl2N3O3S/c28-19-2-1-3-20(29)23(19)24-18(25(35-32-24)16-5-6-16)14-34-17-8-10-27(33,11-9-17)26-31-21-12-15(13-30)4-7-22(21)36-26/h1-4,7,12,16-17,33H,5-6,8-11,14H2/t17-,27+. The highest BCUT2D eigenvalue weighted by Crippen LogP contribution is 2.47. The second-order valence-electron chi connectivity index (χ2n) is 9.60. The molecule has 36 heavy (non-hydrogen) atoms. The van der Waals surface area contributed by atoms with Gasteiger partial charge in [-0.3, -0.25) is 0 Å². The van der Waals surface area contributed by atoms with E-state index in [9.17, 15) is 5.11 Å². The highest BCUT2D eigenvalue weighted by molar-refractivity contribution is 7.18. The van der Waals surface area contributed by atoms with Crippen molar-refractivity contribution >= 4 is 44.8 Å². The third kappa shape index (κ3) is 4.42. The summed E-state index contributed by atoms with van der Waals surface area (Å²) in [5.74, 6) is 1.22. The van der Waals surface area contributed by atoms with Crippen molar-refractivity contribution in [1.29, 1.82) is 5.26 Å². The van der Waals surface area contributed by atoms with Gasteiger partial charge in [-0.25, -0.2) is 4.98 Å². The van der Waals surface area contributed by atoms with Crippen molar-refractivity contribution in [2.24, 2.45) is 0 Å². The molecule has 0 bridgehead atoms. The Morgan fingerprint density at radius 3 is 2.58 bits per heavy atom. The van der Waals surface area contributed by atoms with Gasteiger partial charge >= 0.3 is 0 Å². The molecule has 6 rings (SSSR count). The zero-order valence-electron chi connectivity index (χ0n) is 19.3. The quantitative estimate of drug-likeness (QED) is 0.275. The first-order valence-corrected chi connectivity index (χ1v) is 13.6. The van der Waals surface area contributed by atoms with Crippen LogP contribution in [0.5, 0.6) is 0 Å². The maximum absolute atomic E-state index is 11.4. The summed E-state index contributed by atoms with van der Waals surface area (Å²) in [6.07, 6.45) is 4.69. The minimum absolute atomic E-state index is 0.00126. The molecule has 0 spiro atoms. The first-order chi connectivity index (χ1) is 17.4. The first-order valence-electron chi connectivity index (χ1n) is 12.0. The van der Waals surface area contributed by atoms with Crippen LogP contribution in [0.3, 0.4) is 0 Å². The molecule has 2 fully saturated rings. The molecule has 2 aromatic carbocycles. The third-order valence-corrected chi connectivity index (χ3v) is 8.96. The zero-order valence-corrected chi connectivity index (χ0v) is 21.7. The number of halogens is 2. The van der Waals surface area contributed by atoms with Crippen molar-refractivity contribution in [3.8, 4) is 17.3 Å². The summed E-state index contributed by atoms with van der Waals surface area (Å²) in [6, 6.07) is 13.0. The zero-order chi connectivity index (χ0) is 24.9. The van der Waals surface area contributed by atoms with Crippen LogP contribution < -0.4 is 0 Å². The Morgan fingerprint density at radius 1 is 1.14 bits per heavy atom. The Labute approximate surface area is 222 Å². The smallest absolute Gasteiger partial charge is 0.145 e. The van der Waals surface area contributed by atoms with Crippen molar-refractivity contribution in [3.63, 3.8) is 0 Å². The maximum Gasteiger partial charge on any atom is 0.145 e. The van der Waals surface area contributed by atoms with Crippen LogP contribution in [0.25, 0.3) is 21.5 Å². The van der Waals surface area contributed by atoms with Gasteiger partial charge in [0.25, 0.3) is 0 Å². The van der Waals surface area contributed by atoms with Crippen LogP contribution in [0.15, 0.2) is 40.9 Å². The van der Waals surface area contributed by atoms with Gasteiger partial charge in [0, 0.05) is 17.0 Å². The molecular weight excluding hydrogens is 517 g/mol. The molecule has 2 aromatic heterocycles. The summed E-state index contributed by atoms with van der Waals surface area (Å²) in [5, 5.41) is 26.6. The van der Waals surface area contributed by atoms with Gasteiger partial charge in [0.2, 0.25) is 0 Å².